The molecule has 3 aromatic rings. The van der Waals surface area contributed by atoms with E-state index in [4.69, 9.17) is 4.74 Å². The van der Waals surface area contributed by atoms with Crippen LogP contribution in [0.5, 0.6) is 11.6 Å². The maximum atomic E-state index is 14.5. The van der Waals surface area contributed by atoms with Crippen LogP contribution in [0.2, 0.25) is 0 Å². The Bertz CT molecular complexity index is 1730. The first-order valence-electron chi connectivity index (χ1n) is 17.1. The Kier molecular flexibility index (Phi) is 7.91. The Morgan fingerprint density at radius 1 is 1.00 bits per heavy atom. The van der Waals surface area contributed by atoms with Crippen molar-refractivity contribution in [2.75, 3.05) is 55.7 Å². The summed E-state index contributed by atoms with van der Waals surface area (Å²) in [6.07, 6.45) is 10.3. The molecule has 0 bridgehead atoms. The van der Waals surface area contributed by atoms with Gasteiger partial charge in [-0.2, -0.15) is 0 Å². The third-order valence-electron chi connectivity index (χ3n) is 11.2. The Morgan fingerprint density at radius 3 is 2.53 bits per heavy atom. The number of ether oxygens (including phenoxy) is 1. The summed E-state index contributed by atoms with van der Waals surface area (Å²) in [6.45, 7) is 9.89. The summed E-state index contributed by atoms with van der Waals surface area (Å²) in [5.41, 5.74) is 2.49. The van der Waals surface area contributed by atoms with Crippen molar-refractivity contribution in [2.45, 2.75) is 64.0 Å². The van der Waals surface area contributed by atoms with Crippen LogP contribution in [-0.2, 0) is 9.84 Å². The molecule has 2 saturated carbocycles. The zero-order valence-electron chi connectivity index (χ0n) is 27.1. The minimum Gasteiger partial charge on any atom is -0.434 e. The number of hydrogen-bond donors (Lipinski definition) is 0. The number of rotatable bonds is 9. The highest BCUT2D eigenvalue weighted by Gasteiger charge is 2.53. The summed E-state index contributed by atoms with van der Waals surface area (Å²) in [6, 6.07) is 5.56. The van der Waals surface area contributed by atoms with E-state index in [1.165, 1.54) is 18.5 Å². The zero-order chi connectivity index (χ0) is 32.3. The predicted octanol–water partition coefficient (Wildman–Crippen LogP) is 4.18. The molecule has 5 fully saturated rings. The van der Waals surface area contributed by atoms with Gasteiger partial charge < -0.3 is 9.64 Å². The predicted molar refractivity (Wildman–Crippen MR) is 176 cm³/mol. The van der Waals surface area contributed by atoms with Crippen LogP contribution in [0.25, 0.3) is 11.1 Å². The molecule has 5 heterocycles. The van der Waals surface area contributed by atoms with Gasteiger partial charge in [-0.1, -0.05) is 13.8 Å². The van der Waals surface area contributed by atoms with Gasteiger partial charge >= 0.3 is 0 Å². The van der Waals surface area contributed by atoms with E-state index < -0.39 is 9.84 Å². The molecule has 1 atom stereocenters. The largest absolute Gasteiger partial charge is 0.434 e. The van der Waals surface area contributed by atoms with Gasteiger partial charge in [-0.3, -0.25) is 9.80 Å². The molecule has 0 radical (unpaired) electrons. The fraction of sp³-hybridized carbons (Fsp3) is 0.618. The molecule has 0 N–H and O–H groups in total. The number of sulfone groups is 1. The second kappa shape index (κ2) is 12.0. The Balaban J connectivity index is 0.937. The van der Waals surface area contributed by atoms with Gasteiger partial charge in [0.2, 0.25) is 0 Å². The quantitative estimate of drug-likeness (QED) is 0.329. The van der Waals surface area contributed by atoms with Gasteiger partial charge in [0.15, 0.2) is 15.7 Å². The first-order valence-corrected chi connectivity index (χ1v) is 18.9. The van der Waals surface area contributed by atoms with E-state index in [1.807, 2.05) is 0 Å². The minimum atomic E-state index is -2.85. The lowest BCUT2D eigenvalue weighted by molar-refractivity contribution is -0.0793. The number of benzene rings is 1. The number of likely N-dealkylation sites (tertiary alicyclic amines) is 1. The highest BCUT2D eigenvalue weighted by Crippen LogP contribution is 2.49. The van der Waals surface area contributed by atoms with Crippen LogP contribution in [0.15, 0.2) is 37.1 Å². The molecular weight excluding hydrogens is 619 g/mol. The van der Waals surface area contributed by atoms with Gasteiger partial charge in [0, 0.05) is 80.0 Å². The maximum Gasteiger partial charge on any atom is 0.282 e. The topological polar surface area (TPSA) is 118 Å². The standard InChI is InChI=1S/C34H43FN8O3S/c1-22(2)31(24-13-26(14-24)41-9-11-47(44,45)12-10-41)43-18-34(19-43)7-8-42(17-34)32-33(40-39-21-38-32)46-29-6-5-25(35)15-27(29)28-16-36-20-37-30(28)23-3-4-23/h5-6,15-16,20-24,26,31H,3-4,7-14,17-19H2,1-2H3. The minimum absolute atomic E-state index is 0.196. The molecule has 47 heavy (non-hydrogen) atoms. The average Bonchev–Trinajstić information content (AvgIpc) is 3.77. The van der Waals surface area contributed by atoms with Gasteiger partial charge in [0.1, 0.15) is 24.2 Å². The highest BCUT2D eigenvalue weighted by atomic mass is 32.2. The Morgan fingerprint density at radius 2 is 1.79 bits per heavy atom. The van der Waals surface area contributed by atoms with Gasteiger partial charge in [-0.15, -0.1) is 10.2 Å². The summed E-state index contributed by atoms with van der Waals surface area (Å²) in [5.74, 6) is 3.26. The smallest absolute Gasteiger partial charge is 0.282 e. The van der Waals surface area contributed by atoms with Crippen molar-refractivity contribution in [1.82, 2.24) is 34.9 Å². The summed E-state index contributed by atoms with van der Waals surface area (Å²) >= 11 is 0. The number of nitrogens with zero attached hydrogens (tertiary/aromatic N) is 8. The molecule has 0 amide bonds. The van der Waals surface area contributed by atoms with Crippen molar-refractivity contribution in [3.8, 4) is 22.8 Å². The van der Waals surface area contributed by atoms with Crippen molar-refractivity contribution >= 4 is 15.7 Å². The summed E-state index contributed by atoms with van der Waals surface area (Å²) in [7, 11) is -2.85. The molecule has 13 heteroatoms. The van der Waals surface area contributed by atoms with E-state index in [2.05, 4.69) is 53.7 Å². The van der Waals surface area contributed by atoms with Crippen LogP contribution in [0.1, 0.15) is 57.6 Å². The first-order chi connectivity index (χ1) is 22.7. The van der Waals surface area contributed by atoms with Crippen LogP contribution in [0.3, 0.4) is 0 Å². The number of anilines is 1. The highest BCUT2D eigenvalue weighted by molar-refractivity contribution is 7.91. The van der Waals surface area contributed by atoms with E-state index >= 15 is 0 Å². The van der Waals surface area contributed by atoms with Crippen LogP contribution >= 0.6 is 0 Å². The van der Waals surface area contributed by atoms with Crippen molar-refractivity contribution in [3.05, 3.63) is 48.6 Å². The molecule has 250 valence electrons. The molecule has 1 unspecified atom stereocenters. The monoisotopic (exact) mass is 662 g/mol. The van der Waals surface area contributed by atoms with Crippen molar-refractivity contribution < 1.29 is 17.5 Å². The van der Waals surface area contributed by atoms with Crippen molar-refractivity contribution in [3.63, 3.8) is 0 Å². The number of halogens is 1. The normalized spacial score (nSPS) is 26.3. The average molecular weight is 663 g/mol. The Labute approximate surface area is 275 Å². The SMILES string of the molecule is CC(C)C(C1CC(N2CCS(=O)(=O)CC2)C1)N1CC2(CCN(c3ncnnc3Oc3ccc(F)cc3-c3cncnc3C3CC3)C2)C1. The lowest BCUT2D eigenvalue weighted by atomic mass is 9.68. The molecule has 1 aromatic carbocycles. The summed E-state index contributed by atoms with van der Waals surface area (Å²) < 4.78 is 44.8. The fourth-order valence-corrected chi connectivity index (χ4v) is 9.87. The van der Waals surface area contributed by atoms with Gasteiger partial charge in [-0.25, -0.2) is 27.8 Å². The van der Waals surface area contributed by atoms with Gasteiger partial charge in [0.05, 0.1) is 17.2 Å². The van der Waals surface area contributed by atoms with Gasteiger partial charge in [0.25, 0.3) is 5.88 Å². The lowest BCUT2D eigenvalue weighted by Gasteiger charge is -2.58. The third kappa shape index (κ3) is 6.10. The van der Waals surface area contributed by atoms with E-state index in [9.17, 15) is 12.8 Å². The summed E-state index contributed by atoms with van der Waals surface area (Å²) in [4.78, 5) is 20.7. The first kappa shape index (κ1) is 31.0. The second-order valence-corrected chi connectivity index (χ2v) is 17.1. The van der Waals surface area contributed by atoms with Crippen molar-refractivity contribution in [1.29, 1.82) is 0 Å². The maximum absolute atomic E-state index is 14.5. The van der Waals surface area contributed by atoms with E-state index in [0.29, 0.717) is 77.4 Å². The van der Waals surface area contributed by atoms with E-state index in [0.717, 1.165) is 69.5 Å². The molecule has 11 nitrogen and oxygen atoms in total. The third-order valence-corrected chi connectivity index (χ3v) is 12.8. The Hall–Kier alpha value is -3.29. The fourth-order valence-electron chi connectivity index (χ4n) is 8.64. The molecule has 1 spiro atoms. The van der Waals surface area contributed by atoms with Crippen LogP contribution in [0, 0.1) is 23.1 Å². The van der Waals surface area contributed by atoms with Crippen LogP contribution < -0.4 is 9.64 Å². The lowest BCUT2D eigenvalue weighted by Crippen LogP contribution is -2.65. The van der Waals surface area contributed by atoms with Crippen LogP contribution in [0.4, 0.5) is 10.2 Å². The van der Waals surface area contributed by atoms with Crippen LogP contribution in [-0.4, -0.2) is 106 Å². The van der Waals surface area contributed by atoms with E-state index in [-0.39, 0.29) is 11.2 Å². The zero-order valence-corrected chi connectivity index (χ0v) is 27.9. The molecule has 2 aromatic heterocycles. The molecule has 2 aliphatic carbocycles. The molecule has 8 rings (SSSR count). The number of aromatic nitrogens is 5. The molecule has 3 saturated heterocycles. The molecule has 3 aliphatic heterocycles. The summed E-state index contributed by atoms with van der Waals surface area (Å²) in [5, 5.41) is 8.39. The molecule has 5 aliphatic rings. The molecular formula is C34H43FN8O3S. The van der Waals surface area contributed by atoms with Gasteiger partial charge in [-0.05, 0) is 62.1 Å². The van der Waals surface area contributed by atoms with E-state index in [1.54, 1.807) is 18.6 Å². The van der Waals surface area contributed by atoms with Crippen molar-refractivity contribution in [2.24, 2.45) is 17.3 Å². The number of hydrogen-bond acceptors (Lipinski definition) is 11. The second-order valence-electron chi connectivity index (χ2n) is 14.8.